The van der Waals surface area contributed by atoms with Gasteiger partial charge < -0.3 is 10.4 Å². The van der Waals surface area contributed by atoms with E-state index in [-0.39, 0.29) is 11.9 Å². The largest absolute Gasteiger partial charge is 0.478 e. The van der Waals surface area contributed by atoms with Gasteiger partial charge in [0.25, 0.3) is 0 Å². The van der Waals surface area contributed by atoms with Crippen molar-refractivity contribution in [2.24, 2.45) is 0 Å². The highest BCUT2D eigenvalue weighted by molar-refractivity contribution is 5.80. The molecule has 1 amide bonds. The van der Waals surface area contributed by atoms with Crippen molar-refractivity contribution in [2.75, 3.05) is 0 Å². The molecule has 96 valence electrons. The van der Waals surface area contributed by atoms with E-state index < -0.39 is 5.97 Å². The van der Waals surface area contributed by atoms with Crippen LogP contribution in [0.5, 0.6) is 0 Å². The number of amides is 1. The Morgan fingerprint density at radius 2 is 2.00 bits per heavy atom. The monoisotopic (exact) mass is 247 g/mol. The van der Waals surface area contributed by atoms with Crippen LogP contribution in [0.4, 0.5) is 0 Å². The Morgan fingerprint density at radius 3 is 2.61 bits per heavy atom. The van der Waals surface area contributed by atoms with Gasteiger partial charge in [0.1, 0.15) is 0 Å². The van der Waals surface area contributed by atoms with E-state index >= 15 is 0 Å². The third kappa shape index (κ3) is 5.84. The molecule has 1 atom stereocenters. The fourth-order valence-electron chi connectivity index (χ4n) is 1.50. The fourth-order valence-corrected chi connectivity index (χ4v) is 1.50. The van der Waals surface area contributed by atoms with Crippen LogP contribution in [0.25, 0.3) is 0 Å². The molecule has 0 aromatic heterocycles. The van der Waals surface area contributed by atoms with Gasteiger partial charge in [0.05, 0.1) is 0 Å². The SMILES string of the molecule is CC(C=CC(=O)O)NC(=O)CCc1ccccc1. The Kier molecular flexibility index (Phi) is 5.64. The third-order valence-corrected chi connectivity index (χ3v) is 2.40. The van der Waals surface area contributed by atoms with Crippen molar-refractivity contribution in [3.05, 3.63) is 48.0 Å². The molecule has 0 spiro atoms. The maximum atomic E-state index is 11.6. The molecule has 4 heteroatoms. The summed E-state index contributed by atoms with van der Waals surface area (Å²) in [6.45, 7) is 1.74. The number of aliphatic carboxylic acids is 1. The summed E-state index contributed by atoms with van der Waals surface area (Å²) in [6, 6.07) is 9.48. The van der Waals surface area contributed by atoms with Gasteiger partial charge in [-0.15, -0.1) is 0 Å². The van der Waals surface area contributed by atoms with Gasteiger partial charge in [0, 0.05) is 18.5 Å². The van der Waals surface area contributed by atoms with E-state index in [1.165, 1.54) is 6.08 Å². The summed E-state index contributed by atoms with van der Waals surface area (Å²) in [5.74, 6) is -1.10. The lowest BCUT2D eigenvalue weighted by atomic mass is 10.1. The first-order valence-corrected chi connectivity index (χ1v) is 5.82. The molecule has 1 aromatic carbocycles. The zero-order valence-corrected chi connectivity index (χ0v) is 10.3. The van der Waals surface area contributed by atoms with E-state index in [0.29, 0.717) is 12.8 Å². The van der Waals surface area contributed by atoms with Crippen LogP contribution in [0, 0.1) is 0 Å². The van der Waals surface area contributed by atoms with Crippen molar-refractivity contribution in [1.82, 2.24) is 5.32 Å². The molecule has 0 radical (unpaired) electrons. The van der Waals surface area contributed by atoms with Gasteiger partial charge in [0.2, 0.25) is 5.91 Å². The molecule has 0 bridgehead atoms. The summed E-state index contributed by atoms with van der Waals surface area (Å²) in [5.41, 5.74) is 1.11. The molecule has 0 aliphatic carbocycles. The second-order valence-corrected chi connectivity index (χ2v) is 4.04. The molecule has 0 saturated carbocycles. The maximum Gasteiger partial charge on any atom is 0.328 e. The molecule has 4 nitrogen and oxygen atoms in total. The van der Waals surface area contributed by atoms with Crippen molar-refractivity contribution >= 4 is 11.9 Å². The fraction of sp³-hybridized carbons (Fsp3) is 0.286. The maximum absolute atomic E-state index is 11.6. The molecule has 0 heterocycles. The summed E-state index contributed by atoms with van der Waals surface area (Å²) in [4.78, 5) is 21.9. The van der Waals surface area contributed by atoms with Crippen molar-refractivity contribution < 1.29 is 14.7 Å². The molecule has 1 unspecified atom stereocenters. The summed E-state index contributed by atoms with van der Waals surface area (Å²) in [7, 11) is 0. The van der Waals surface area contributed by atoms with Crippen molar-refractivity contribution in [2.45, 2.75) is 25.8 Å². The lowest BCUT2D eigenvalue weighted by molar-refractivity contribution is -0.131. The first kappa shape index (κ1) is 14.0. The van der Waals surface area contributed by atoms with Crippen LogP contribution in [0.3, 0.4) is 0 Å². The minimum atomic E-state index is -1.01. The zero-order valence-electron chi connectivity index (χ0n) is 10.3. The molecule has 1 aromatic rings. The number of carbonyl (C=O) groups excluding carboxylic acids is 1. The van der Waals surface area contributed by atoms with Crippen LogP contribution < -0.4 is 5.32 Å². The Labute approximate surface area is 106 Å². The van der Waals surface area contributed by atoms with Crippen LogP contribution in [0.1, 0.15) is 18.9 Å². The zero-order chi connectivity index (χ0) is 13.4. The van der Waals surface area contributed by atoms with Gasteiger partial charge in [-0.05, 0) is 18.9 Å². The van der Waals surface area contributed by atoms with E-state index in [1.54, 1.807) is 6.92 Å². The molecular weight excluding hydrogens is 230 g/mol. The number of nitrogens with one attached hydrogen (secondary N) is 1. The predicted octanol–water partition coefficient (Wildman–Crippen LogP) is 1.76. The second-order valence-electron chi connectivity index (χ2n) is 4.04. The molecule has 18 heavy (non-hydrogen) atoms. The molecule has 0 aliphatic heterocycles. The lowest BCUT2D eigenvalue weighted by Crippen LogP contribution is -2.31. The van der Waals surface area contributed by atoms with Crippen LogP contribution >= 0.6 is 0 Å². The standard InChI is InChI=1S/C14H17NO3/c1-11(7-10-14(17)18)15-13(16)9-8-12-5-3-2-4-6-12/h2-7,10-11H,8-9H2,1H3,(H,15,16)(H,17,18). The average molecular weight is 247 g/mol. The van der Waals surface area contributed by atoms with Crippen LogP contribution in [-0.4, -0.2) is 23.0 Å². The van der Waals surface area contributed by atoms with Crippen LogP contribution in [0.2, 0.25) is 0 Å². The van der Waals surface area contributed by atoms with E-state index in [0.717, 1.165) is 11.6 Å². The van der Waals surface area contributed by atoms with Crippen LogP contribution in [-0.2, 0) is 16.0 Å². The van der Waals surface area contributed by atoms with E-state index in [2.05, 4.69) is 5.32 Å². The normalized spacial score (nSPS) is 12.3. The number of carboxylic acids is 1. The van der Waals surface area contributed by atoms with Crippen molar-refractivity contribution in [1.29, 1.82) is 0 Å². The number of carboxylic acid groups (broad SMARTS) is 1. The molecule has 0 saturated heterocycles. The number of hydrogen-bond donors (Lipinski definition) is 2. The summed E-state index contributed by atoms with van der Waals surface area (Å²) < 4.78 is 0. The highest BCUT2D eigenvalue weighted by Crippen LogP contribution is 2.02. The molecular formula is C14H17NO3. The van der Waals surface area contributed by atoms with Gasteiger partial charge in [-0.2, -0.15) is 0 Å². The number of hydrogen-bond acceptors (Lipinski definition) is 2. The van der Waals surface area contributed by atoms with Gasteiger partial charge in [-0.25, -0.2) is 4.79 Å². The van der Waals surface area contributed by atoms with E-state index in [4.69, 9.17) is 5.11 Å². The number of carbonyl (C=O) groups is 2. The quantitative estimate of drug-likeness (QED) is 0.753. The van der Waals surface area contributed by atoms with E-state index in [1.807, 2.05) is 30.3 Å². The minimum absolute atomic E-state index is 0.0820. The Bertz CT molecular complexity index is 426. The lowest BCUT2D eigenvalue weighted by Gasteiger charge is -2.09. The topological polar surface area (TPSA) is 66.4 Å². The average Bonchev–Trinajstić information content (AvgIpc) is 2.35. The van der Waals surface area contributed by atoms with Crippen molar-refractivity contribution in [3.63, 3.8) is 0 Å². The third-order valence-electron chi connectivity index (χ3n) is 2.40. The first-order chi connectivity index (χ1) is 8.58. The first-order valence-electron chi connectivity index (χ1n) is 5.82. The number of benzene rings is 1. The molecule has 2 N–H and O–H groups in total. The minimum Gasteiger partial charge on any atom is -0.478 e. The predicted molar refractivity (Wildman–Crippen MR) is 69.1 cm³/mol. The second kappa shape index (κ2) is 7.27. The molecule has 0 aliphatic rings. The van der Waals surface area contributed by atoms with E-state index in [9.17, 15) is 9.59 Å². The summed E-state index contributed by atoms with van der Waals surface area (Å²) in [5, 5.41) is 11.2. The van der Waals surface area contributed by atoms with Gasteiger partial charge in [0.15, 0.2) is 0 Å². The summed E-state index contributed by atoms with van der Waals surface area (Å²) >= 11 is 0. The number of rotatable bonds is 6. The van der Waals surface area contributed by atoms with Crippen LogP contribution in [0.15, 0.2) is 42.5 Å². The Balaban J connectivity index is 2.31. The molecule has 0 fully saturated rings. The van der Waals surface area contributed by atoms with Gasteiger partial charge >= 0.3 is 5.97 Å². The van der Waals surface area contributed by atoms with Crippen molar-refractivity contribution in [3.8, 4) is 0 Å². The Morgan fingerprint density at radius 1 is 1.33 bits per heavy atom. The van der Waals surface area contributed by atoms with Gasteiger partial charge in [-0.1, -0.05) is 36.4 Å². The smallest absolute Gasteiger partial charge is 0.328 e. The van der Waals surface area contributed by atoms with Gasteiger partial charge in [-0.3, -0.25) is 4.79 Å². The number of aryl methyl sites for hydroxylation is 1. The summed E-state index contributed by atoms with van der Waals surface area (Å²) in [6.07, 6.45) is 3.56. The Hall–Kier alpha value is -2.10. The highest BCUT2D eigenvalue weighted by atomic mass is 16.4. The molecule has 1 rings (SSSR count). The highest BCUT2D eigenvalue weighted by Gasteiger charge is 2.05.